The number of hydrogen-bond donors (Lipinski definition) is 0. The summed E-state index contributed by atoms with van der Waals surface area (Å²) < 4.78 is 9.94. The van der Waals surface area contributed by atoms with E-state index in [0.29, 0.717) is 26.2 Å². The smallest absolute Gasteiger partial charge is 0.137 e. The molecule has 72 valence electrons. The molecule has 0 saturated carbocycles. The van der Waals surface area contributed by atoms with Crippen molar-refractivity contribution in [2.45, 2.75) is 20.3 Å². The first-order chi connectivity index (χ1) is 5.68. The minimum atomic E-state index is 0.121. The van der Waals surface area contributed by atoms with Crippen LogP contribution in [-0.4, -0.2) is 32.7 Å². The van der Waals surface area contributed by atoms with Crippen LogP contribution >= 0.6 is 0 Å². The van der Waals surface area contributed by atoms with E-state index in [1.165, 1.54) is 0 Å². The maximum atomic E-state index is 11.1. The summed E-state index contributed by atoms with van der Waals surface area (Å²) in [6, 6.07) is 0. The van der Waals surface area contributed by atoms with Gasteiger partial charge in [0.1, 0.15) is 5.78 Å². The summed E-state index contributed by atoms with van der Waals surface area (Å²) in [5, 5.41) is 0. The Bertz CT molecular complexity index is 121. The van der Waals surface area contributed by atoms with E-state index in [4.69, 9.17) is 9.47 Å². The molecule has 0 spiro atoms. The summed E-state index contributed by atoms with van der Waals surface area (Å²) in [5.74, 6) is 0.378. The number of ether oxygens (including phenoxy) is 2. The highest BCUT2D eigenvalue weighted by Gasteiger charge is 2.05. The molecule has 0 aromatic heterocycles. The normalized spacial score (nSPS) is 10.7. The van der Waals surface area contributed by atoms with Gasteiger partial charge in [-0.15, -0.1) is 0 Å². The standard InChI is InChI=1S/C9H18O3/c1-8(2)9(10)4-5-12-7-6-11-3/h8H,4-7H2,1-3H3. The topological polar surface area (TPSA) is 35.5 Å². The third kappa shape index (κ3) is 6.31. The zero-order chi connectivity index (χ0) is 9.40. The highest BCUT2D eigenvalue weighted by Crippen LogP contribution is 1.98. The molecule has 0 bridgehead atoms. The van der Waals surface area contributed by atoms with Crippen LogP contribution in [0.2, 0.25) is 0 Å². The van der Waals surface area contributed by atoms with Crippen molar-refractivity contribution in [3.05, 3.63) is 0 Å². The highest BCUT2D eigenvalue weighted by atomic mass is 16.5. The van der Waals surface area contributed by atoms with Gasteiger partial charge in [-0.05, 0) is 0 Å². The van der Waals surface area contributed by atoms with E-state index in [9.17, 15) is 4.79 Å². The molecule has 0 N–H and O–H groups in total. The van der Waals surface area contributed by atoms with Gasteiger partial charge < -0.3 is 9.47 Å². The molecule has 12 heavy (non-hydrogen) atoms. The van der Waals surface area contributed by atoms with E-state index in [0.717, 1.165) is 0 Å². The molecule has 0 aromatic rings. The van der Waals surface area contributed by atoms with E-state index >= 15 is 0 Å². The number of carbonyl (C=O) groups excluding carboxylic acids is 1. The van der Waals surface area contributed by atoms with Gasteiger partial charge in [0.25, 0.3) is 0 Å². The van der Waals surface area contributed by atoms with E-state index in [1.54, 1.807) is 7.11 Å². The molecule has 0 aliphatic heterocycles. The second-order valence-electron chi connectivity index (χ2n) is 2.98. The van der Waals surface area contributed by atoms with Gasteiger partial charge in [-0.1, -0.05) is 13.8 Å². The molecule has 0 aliphatic carbocycles. The fourth-order valence-electron chi connectivity index (χ4n) is 0.706. The van der Waals surface area contributed by atoms with Gasteiger partial charge >= 0.3 is 0 Å². The van der Waals surface area contributed by atoms with E-state index in [1.807, 2.05) is 13.8 Å². The van der Waals surface area contributed by atoms with Crippen molar-refractivity contribution >= 4 is 5.78 Å². The molecule has 0 aromatic carbocycles. The minimum Gasteiger partial charge on any atom is -0.382 e. The summed E-state index contributed by atoms with van der Waals surface area (Å²) in [6.07, 6.45) is 0.515. The fraction of sp³-hybridized carbons (Fsp3) is 0.889. The maximum absolute atomic E-state index is 11.1. The third-order valence-electron chi connectivity index (χ3n) is 1.57. The van der Waals surface area contributed by atoms with Crippen LogP contribution in [0, 0.1) is 5.92 Å². The van der Waals surface area contributed by atoms with Crippen LogP contribution < -0.4 is 0 Å². The molecule has 0 radical (unpaired) electrons. The maximum Gasteiger partial charge on any atom is 0.137 e. The second-order valence-corrected chi connectivity index (χ2v) is 2.98. The Labute approximate surface area is 74.0 Å². The van der Waals surface area contributed by atoms with Crippen LogP contribution in [0.1, 0.15) is 20.3 Å². The van der Waals surface area contributed by atoms with E-state index < -0.39 is 0 Å². The summed E-state index contributed by atoms with van der Waals surface area (Å²) in [5.41, 5.74) is 0. The first-order valence-corrected chi connectivity index (χ1v) is 4.28. The molecule has 0 aliphatic rings. The number of hydrogen-bond acceptors (Lipinski definition) is 3. The number of Topliss-reactive ketones (excluding diaryl/α,β-unsaturated/α-hetero) is 1. The van der Waals surface area contributed by atoms with Crippen molar-refractivity contribution in [2.75, 3.05) is 26.9 Å². The Morgan fingerprint density at radius 1 is 1.25 bits per heavy atom. The first-order valence-electron chi connectivity index (χ1n) is 4.28. The van der Waals surface area contributed by atoms with Gasteiger partial charge in [-0.2, -0.15) is 0 Å². The van der Waals surface area contributed by atoms with E-state index in [-0.39, 0.29) is 11.7 Å². The zero-order valence-electron chi connectivity index (χ0n) is 8.13. The lowest BCUT2D eigenvalue weighted by molar-refractivity contribution is -0.123. The molecule has 0 unspecified atom stereocenters. The Morgan fingerprint density at radius 2 is 1.92 bits per heavy atom. The molecular formula is C9H18O3. The Balaban J connectivity index is 3.14. The van der Waals surface area contributed by atoms with Gasteiger partial charge in [0, 0.05) is 19.4 Å². The molecule has 0 fully saturated rings. The van der Waals surface area contributed by atoms with Gasteiger partial charge in [0.2, 0.25) is 0 Å². The average molecular weight is 174 g/mol. The first kappa shape index (κ1) is 11.6. The molecule has 0 atom stereocenters. The minimum absolute atomic E-state index is 0.121. The monoisotopic (exact) mass is 174 g/mol. The number of ketones is 1. The fourth-order valence-corrected chi connectivity index (χ4v) is 0.706. The Morgan fingerprint density at radius 3 is 2.42 bits per heavy atom. The van der Waals surface area contributed by atoms with Crippen LogP contribution in [0.3, 0.4) is 0 Å². The molecule has 3 nitrogen and oxygen atoms in total. The van der Waals surface area contributed by atoms with Crippen molar-refractivity contribution < 1.29 is 14.3 Å². The predicted octanol–water partition coefficient (Wildman–Crippen LogP) is 1.26. The van der Waals surface area contributed by atoms with Crippen LogP contribution in [-0.2, 0) is 14.3 Å². The van der Waals surface area contributed by atoms with E-state index in [2.05, 4.69) is 0 Å². The van der Waals surface area contributed by atoms with Crippen molar-refractivity contribution in [3.8, 4) is 0 Å². The summed E-state index contributed by atoms with van der Waals surface area (Å²) in [6.45, 7) is 5.48. The SMILES string of the molecule is COCCOCCC(=O)C(C)C. The lowest BCUT2D eigenvalue weighted by atomic mass is 10.1. The molecular weight excluding hydrogens is 156 g/mol. The number of rotatable bonds is 7. The summed E-state index contributed by atoms with van der Waals surface area (Å²) in [7, 11) is 1.63. The third-order valence-corrected chi connectivity index (χ3v) is 1.57. The van der Waals surface area contributed by atoms with Gasteiger partial charge in [-0.3, -0.25) is 4.79 Å². The lowest BCUT2D eigenvalue weighted by Crippen LogP contribution is -2.11. The van der Waals surface area contributed by atoms with Crippen molar-refractivity contribution in [1.29, 1.82) is 0 Å². The molecule has 0 heterocycles. The zero-order valence-corrected chi connectivity index (χ0v) is 8.13. The van der Waals surface area contributed by atoms with Crippen LogP contribution in [0.5, 0.6) is 0 Å². The largest absolute Gasteiger partial charge is 0.382 e. The molecule has 0 rings (SSSR count). The number of methoxy groups -OCH3 is 1. The van der Waals surface area contributed by atoms with Crippen LogP contribution in [0.4, 0.5) is 0 Å². The molecule has 3 heteroatoms. The predicted molar refractivity (Wildman–Crippen MR) is 47.2 cm³/mol. The average Bonchev–Trinajstić information content (AvgIpc) is 2.03. The molecule has 0 saturated heterocycles. The highest BCUT2D eigenvalue weighted by molar-refractivity contribution is 5.80. The van der Waals surface area contributed by atoms with Crippen LogP contribution in [0.15, 0.2) is 0 Å². The van der Waals surface area contributed by atoms with Gasteiger partial charge in [0.05, 0.1) is 19.8 Å². The van der Waals surface area contributed by atoms with Crippen LogP contribution in [0.25, 0.3) is 0 Å². The number of carbonyl (C=O) groups is 1. The van der Waals surface area contributed by atoms with Gasteiger partial charge in [0.15, 0.2) is 0 Å². The van der Waals surface area contributed by atoms with Crippen molar-refractivity contribution in [3.63, 3.8) is 0 Å². The molecule has 0 amide bonds. The summed E-state index contributed by atoms with van der Waals surface area (Å²) >= 11 is 0. The second kappa shape index (κ2) is 7.25. The van der Waals surface area contributed by atoms with Gasteiger partial charge in [-0.25, -0.2) is 0 Å². The Hall–Kier alpha value is -0.410. The summed E-state index contributed by atoms with van der Waals surface area (Å²) in [4.78, 5) is 11.1. The van der Waals surface area contributed by atoms with Crippen molar-refractivity contribution in [2.24, 2.45) is 5.92 Å². The quantitative estimate of drug-likeness (QED) is 0.545. The Kier molecular flexibility index (Phi) is 7.00. The van der Waals surface area contributed by atoms with Crippen molar-refractivity contribution in [1.82, 2.24) is 0 Å². The lowest BCUT2D eigenvalue weighted by Gasteiger charge is -2.04.